The van der Waals surface area contributed by atoms with Crippen molar-refractivity contribution in [2.45, 2.75) is 52.7 Å². The second kappa shape index (κ2) is 11.0. The fourth-order valence-corrected chi connectivity index (χ4v) is 3.04. The summed E-state index contributed by atoms with van der Waals surface area (Å²) in [6, 6.07) is 14.7. The molecule has 0 aliphatic rings. The number of amides is 2. The van der Waals surface area contributed by atoms with Crippen molar-refractivity contribution in [1.29, 1.82) is 0 Å². The van der Waals surface area contributed by atoms with E-state index in [4.69, 9.17) is 4.74 Å². The van der Waals surface area contributed by atoms with Crippen LogP contribution >= 0.6 is 15.9 Å². The van der Waals surface area contributed by atoms with Gasteiger partial charge in [-0.3, -0.25) is 9.59 Å². The third kappa shape index (κ3) is 6.89. The molecule has 0 radical (unpaired) electrons. The minimum absolute atomic E-state index is 0.0535. The maximum absolute atomic E-state index is 13.0. The molecule has 2 atom stereocenters. The molecule has 29 heavy (non-hydrogen) atoms. The van der Waals surface area contributed by atoms with Crippen LogP contribution in [0.2, 0.25) is 0 Å². The summed E-state index contributed by atoms with van der Waals surface area (Å²) in [6.07, 6.45) is 0.829. The molecule has 1 N–H and O–H groups in total. The number of ether oxygens (including phenoxy) is 1. The van der Waals surface area contributed by atoms with Crippen LogP contribution < -0.4 is 10.1 Å². The number of rotatable bonds is 9. The van der Waals surface area contributed by atoms with Gasteiger partial charge in [-0.1, -0.05) is 53.2 Å². The Morgan fingerprint density at radius 1 is 1.10 bits per heavy atom. The first-order chi connectivity index (χ1) is 13.8. The Kier molecular flexibility index (Phi) is 8.70. The second-order valence-corrected chi connectivity index (χ2v) is 8.11. The molecule has 2 aromatic rings. The van der Waals surface area contributed by atoms with E-state index in [1.54, 1.807) is 11.8 Å². The summed E-state index contributed by atoms with van der Waals surface area (Å²) in [5.41, 5.74) is 1.91. The zero-order chi connectivity index (χ0) is 21.4. The molecule has 0 saturated carbocycles. The van der Waals surface area contributed by atoms with Crippen LogP contribution in [0.3, 0.4) is 0 Å². The average Bonchev–Trinajstić information content (AvgIpc) is 2.71. The molecular formula is C23H29BrN2O3. The molecule has 0 aliphatic heterocycles. The van der Waals surface area contributed by atoms with E-state index in [9.17, 15) is 9.59 Å². The highest BCUT2D eigenvalue weighted by molar-refractivity contribution is 9.10. The largest absolute Gasteiger partial charge is 0.484 e. The molecule has 0 saturated heterocycles. The van der Waals surface area contributed by atoms with Crippen LogP contribution in [-0.4, -0.2) is 35.4 Å². The molecule has 0 bridgehead atoms. The topological polar surface area (TPSA) is 58.6 Å². The van der Waals surface area contributed by atoms with Crippen LogP contribution in [0, 0.1) is 6.92 Å². The Labute approximate surface area is 181 Å². The highest BCUT2D eigenvalue weighted by atomic mass is 79.9. The van der Waals surface area contributed by atoms with Crippen LogP contribution in [0.15, 0.2) is 53.0 Å². The lowest BCUT2D eigenvalue weighted by Crippen LogP contribution is -2.50. The number of nitrogens with zero attached hydrogens (tertiary/aromatic N) is 1. The van der Waals surface area contributed by atoms with Crippen molar-refractivity contribution in [3.05, 3.63) is 64.1 Å². The molecule has 0 spiro atoms. The van der Waals surface area contributed by atoms with Gasteiger partial charge in [0, 0.05) is 17.1 Å². The van der Waals surface area contributed by atoms with Crippen molar-refractivity contribution in [2.24, 2.45) is 0 Å². The first-order valence-electron chi connectivity index (χ1n) is 9.84. The fourth-order valence-electron chi connectivity index (χ4n) is 2.78. The van der Waals surface area contributed by atoms with E-state index < -0.39 is 6.04 Å². The van der Waals surface area contributed by atoms with Gasteiger partial charge >= 0.3 is 0 Å². The lowest BCUT2D eigenvalue weighted by Gasteiger charge is -2.29. The van der Waals surface area contributed by atoms with E-state index in [1.807, 2.05) is 69.3 Å². The zero-order valence-corrected chi connectivity index (χ0v) is 19.0. The van der Waals surface area contributed by atoms with E-state index in [1.165, 1.54) is 0 Å². The van der Waals surface area contributed by atoms with Gasteiger partial charge in [0.05, 0.1) is 0 Å². The van der Waals surface area contributed by atoms with Crippen molar-refractivity contribution in [3.63, 3.8) is 0 Å². The third-order valence-corrected chi connectivity index (χ3v) is 5.41. The van der Waals surface area contributed by atoms with Crippen LogP contribution in [-0.2, 0) is 16.1 Å². The monoisotopic (exact) mass is 460 g/mol. The van der Waals surface area contributed by atoms with Gasteiger partial charge in [-0.2, -0.15) is 0 Å². The lowest BCUT2D eigenvalue weighted by atomic mass is 10.1. The molecule has 2 aromatic carbocycles. The molecule has 0 unspecified atom stereocenters. The van der Waals surface area contributed by atoms with E-state index >= 15 is 0 Å². The Bertz CT molecular complexity index is 823. The smallest absolute Gasteiger partial charge is 0.261 e. The Hall–Kier alpha value is -2.34. The van der Waals surface area contributed by atoms with E-state index in [0.717, 1.165) is 22.0 Å². The van der Waals surface area contributed by atoms with Crippen molar-refractivity contribution in [1.82, 2.24) is 10.2 Å². The standard InChI is InChI=1S/C23H29BrN2O3/c1-5-17(3)25-23(28)18(4)26(14-19-10-12-20(24)13-11-19)22(27)15-29-21-9-7-6-8-16(21)2/h6-13,17-18H,5,14-15H2,1-4H3,(H,25,28)/t17-,18+/m1/s1. The highest BCUT2D eigenvalue weighted by Crippen LogP contribution is 2.18. The minimum atomic E-state index is -0.611. The number of hydrogen-bond acceptors (Lipinski definition) is 3. The second-order valence-electron chi connectivity index (χ2n) is 7.20. The SMILES string of the molecule is CC[C@@H](C)NC(=O)[C@H](C)N(Cc1ccc(Br)cc1)C(=O)COc1ccccc1C. The number of nitrogens with one attached hydrogen (secondary N) is 1. The van der Waals surface area contributed by atoms with Crippen LogP contribution in [0.1, 0.15) is 38.3 Å². The number of hydrogen-bond donors (Lipinski definition) is 1. The number of carbonyl (C=O) groups is 2. The number of halogens is 1. The summed E-state index contributed by atoms with van der Waals surface area (Å²) in [5.74, 6) is 0.268. The van der Waals surface area contributed by atoms with Gasteiger partial charge in [0.25, 0.3) is 5.91 Å². The quantitative estimate of drug-likeness (QED) is 0.600. The van der Waals surface area contributed by atoms with Crippen molar-refractivity contribution in [3.8, 4) is 5.75 Å². The molecular weight excluding hydrogens is 432 g/mol. The summed E-state index contributed by atoms with van der Waals surface area (Å²) in [7, 11) is 0. The lowest BCUT2D eigenvalue weighted by molar-refractivity contribution is -0.142. The molecule has 0 aromatic heterocycles. The predicted octanol–water partition coefficient (Wildman–Crippen LogP) is 4.47. The fraction of sp³-hybridized carbons (Fsp3) is 0.391. The minimum Gasteiger partial charge on any atom is -0.484 e. The number of carbonyl (C=O) groups excluding carboxylic acids is 2. The summed E-state index contributed by atoms with van der Waals surface area (Å²) in [6.45, 7) is 7.85. The molecule has 2 amide bonds. The number of aryl methyl sites for hydroxylation is 1. The van der Waals surface area contributed by atoms with Crippen molar-refractivity contribution in [2.75, 3.05) is 6.61 Å². The molecule has 5 nitrogen and oxygen atoms in total. The first kappa shape index (κ1) is 22.9. The zero-order valence-electron chi connectivity index (χ0n) is 17.4. The van der Waals surface area contributed by atoms with E-state index in [0.29, 0.717) is 12.3 Å². The molecule has 6 heteroatoms. The van der Waals surface area contributed by atoms with Gasteiger partial charge in [0.15, 0.2) is 6.61 Å². The third-order valence-electron chi connectivity index (χ3n) is 4.88. The average molecular weight is 461 g/mol. The molecule has 0 heterocycles. The van der Waals surface area contributed by atoms with Gasteiger partial charge in [-0.05, 0) is 56.5 Å². The van der Waals surface area contributed by atoms with Crippen molar-refractivity contribution < 1.29 is 14.3 Å². The van der Waals surface area contributed by atoms with Gasteiger partial charge < -0.3 is 15.0 Å². The van der Waals surface area contributed by atoms with Crippen LogP contribution in [0.5, 0.6) is 5.75 Å². The van der Waals surface area contributed by atoms with Gasteiger partial charge in [-0.15, -0.1) is 0 Å². The number of benzene rings is 2. The summed E-state index contributed by atoms with van der Waals surface area (Å²) < 4.78 is 6.70. The van der Waals surface area contributed by atoms with Gasteiger partial charge in [0.2, 0.25) is 5.91 Å². The molecule has 2 rings (SSSR count). The highest BCUT2D eigenvalue weighted by Gasteiger charge is 2.27. The molecule has 0 aliphatic carbocycles. The van der Waals surface area contributed by atoms with Gasteiger partial charge in [0.1, 0.15) is 11.8 Å². The number of para-hydroxylation sites is 1. The Morgan fingerprint density at radius 2 is 1.76 bits per heavy atom. The maximum Gasteiger partial charge on any atom is 0.261 e. The van der Waals surface area contributed by atoms with E-state index in [-0.39, 0.29) is 24.5 Å². The van der Waals surface area contributed by atoms with E-state index in [2.05, 4.69) is 21.2 Å². The van der Waals surface area contributed by atoms with Crippen molar-refractivity contribution >= 4 is 27.7 Å². The maximum atomic E-state index is 13.0. The summed E-state index contributed by atoms with van der Waals surface area (Å²) in [4.78, 5) is 27.3. The van der Waals surface area contributed by atoms with Crippen LogP contribution in [0.4, 0.5) is 0 Å². The Balaban J connectivity index is 2.15. The van der Waals surface area contributed by atoms with Gasteiger partial charge in [-0.25, -0.2) is 0 Å². The summed E-state index contributed by atoms with van der Waals surface area (Å²) in [5, 5.41) is 2.96. The van der Waals surface area contributed by atoms with Crippen LogP contribution in [0.25, 0.3) is 0 Å². The molecule has 0 fully saturated rings. The Morgan fingerprint density at radius 3 is 2.38 bits per heavy atom. The summed E-state index contributed by atoms with van der Waals surface area (Å²) >= 11 is 3.42. The molecule has 156 valence electrons. The first-order valence-corrected chi connectivity index (χ1v) is 10.6. The predicted molar refractivity (Wildman–Crippen MR) is 119 cm³/mol. The normalized spacial score (nSPS) is 12.7.